The number of nitrogens with zero attached hydrogens (tertiary/aromatic N) is 5. The Bertz CT molecular complexity index is 2360. The maximum Gasteiger partial charge on any atom is 0.220 e. The van der Waals surface area contributed by atoms with Crippen molar-refractivity contribution in [2.75, 3.05) is 0 Å². The van der Waals surface area contributed by atoms with E-state index in [4.69, 9.17) is 9.97 Å². The Morgan fingerprint density at radius 3 is 2.24 bits per heavy atom. The van der Waals surface area contributed by atoms with Crippen LogP contribution in [0.4, 0.5) is 0 Å². The van der Waals surface area contributed by atoms with Crippen molar-refractivity contribution in [3.63, 3.8) is 0 Å². The van der Waals surface area contributed by atoms with Gasteiger partial charge in [-0.2, -0.15) is 0 Å². The number of hydrogen-bond acceptors (Lipinski definition) is 2. The van der Waals surface area contributed by atoms with E-state index in [1.54, 1.807) is 0 Å². The summed E-state index contributed by atoms with van der Waals surface area (Å²) in [5.74, 6) is 0.886. The Labute approximate surface area is 243 Å². The number of imidazole rings is 2. The van der Waals surface area contributed by atoms with Crippen LogP contribution in [-0.2, 0) is 0 Å². The van der Waals surface area contributed by atoms with E-state index in [9.17, 15) is 0 Å². The minimum atomic E-state index is 0.886. The highest BCUT2D eigenvalue weighted by atomic mass is 15.2. The molecule has 0 bridgehead atoms. The van der Waals surface area contributed by atoms with Gasteiger partial charge in [0.1, 0.15) is 0 Å². The van der Waals surface area contributed by atoms with E-state index in [2.05, 4.69) is 132 Å². The van der Waals surface area contributed by atoms with Crippen LogP contribution in [0, 0.1) is 20.8 Å². The van der Waals surface area contributed by atoms with Crippen molar-refractivity contribution in [2.45, 2.75) is 20.8 Å². The molecule has 0 unspecified atom stereocenters. The van der Waals surface area contributed by atoms with Crippen molar-refractivity contribution < 1.29 is 0 Å². The van der Waals surface area contributed by atoms with E-state index >= 15 is 0 Å². The van der Waals surface area contributed by atoms with E-state index in [1.165, 1.54) is 21.9 Å². The predicted molar refractivity (Wildman–Crippen MR) is 174 cm³/mol. The van der Waals surface area contributed by atoms with Gasteiger partial charge in [-0.05, 0) is 80.4 Å². The molecule has 4 aromatic carbocycles. The molecule has 0 aliphatic carbocycles. The van der Waals surface area contributed by atoms with E-state index in [0.717, 1.165) is 61.9 Å². The number of rotatable bonds is 4. The molecular weight excluding hydrogens is 514 g/mol. The van der Waals surface area contributed by atoms with Crippen molar-refractivity contribution in [3.05, 3.63) is 132 Å². The minimum Gasteiger partial charge on any atom is -0.308 e. The van der Waals surface area contributed by atoms with Gasteiger partial charge < -0.3 is 4.57 Å². The molecule has 0 aliphatic heterocycles. The molecule has 0 amide bonds. The molecule has 0 saturated carbocycles. The minimum absolute atomic E-state index is 0.886. The molecule has 0 radical (unpaired) electrons. The lowest BCUT2D eigenvalue weighted by Crippen LogP contribution is -2.00. The van der Waals surface area contributed by atoms with Crippen LogP contribution in [0.5, 0.6) is 0 Å². The lowest BCUT2D eigenvalue weighted by atomic mass is 9.99. The smallest absolute Gasteiger partial charge is 0.220 e. The summed E-state index contributed by atoms with van der Waals surface area (Å²) >= 11 is 0. The molecule has 8 rings (SSSR count). The normalized spacial score (nSPS) is 11.8. The van der Waals surface area contributed by atoms with Crippen molar-refractivity contribution >= 4 is 44.7 Å². The zero-order valence-electron chi connectivity index (χ0n) is 23.8. The summed E-state index contributed by atoms with van der Waals surface area (Å²) in [5, 5.41) is 2.38. The van der Waals surface area contributed by atoms with Gasteiger partial charge in [0.25, 0.3) is 0 Å². The van der Waals surface area contributed by atoms with Crippen LogP contribution in [0.1, 0.15) is 22.6 Å². The second-order valence-corrected chi connectivity index (χ2v) is 10.9. The molecule has 0 N–H and O–H groups in total. The first-order chi connectivity index (χ1) is 20.5. The second-order valence-electron chi connectivity index (χ2n) is 10.9. The molecule has 5 nitrogen and oxygen atoms in total. The lowest BCUT2D eigenvalue weighted by molar-refractivity contribution is 1.03. The van der Waals surface area contributed by atoms with Crippen molar-refractivity contribution in [3.8, 4) is 22.5 Å². The zero-order valence-corrected chi connectivity index (χ0v) is 23.8. The Balaban J connectivity index is 1.39. The topological polar surface area (TPSA) is 40.0 Å². The number of benzene rings is 4. The molecule has 5 heteroatoms. The van der Waals surface area contributed by atoms with Crippen LogP contribution in [0.15, 0.2) is 110 Å². The fraction of sp³-hybridized carbons (Fsp3) is 0.0811. The summed E-state index contributed by atoms with van der Waals surface area (Å²) in [6.45, 7) is 10.5. The standard InChI is InChI=1S/C37H29N5/c1-5-33-25(4)40(37-39-32-15-9-11-17-36(32)42(33)37)26-18-19-35-31(20-26)29-14-8-10-16-34(29)41(35)27-21-30(24(3)38-22-27)28-13-7-6-12-23(28)2/h5-22H,1H2,2-4H3. The second kappa shape index (κ2) is 9.05. The number of fused-ring (bicyclic) bond motifs is 6. The number of para-hydroxylation sites is 3. The first kappa shape index (κ1) is 24.4. The Morgan fingerprint density at radius 2 is 1.40 bits per heavy atom. The third-order valence-corrected chi connectivity index (χ3v) is 8.56. The molecule has 0 atom stereocenters. The van der Waals surface area contributed by atoms with Crippen molar-refractivity contribution in [1.82, 2.24) is 23.5 Å². The van der Waals surface area contributed by atoms with Gasteiger partial charge in [0.2, 0.25) is 5.78 Å². The highest BCUT2D eigenvalue weighted by molar-refractivity contribution is 6.10. The van der Waals surface area contributed by atoms with Gasteiger partial charge in [-0.3, -0.25) is 14.0 Å². The maximum absolute atomic E-state index is 5.03. The molecule has 4 heterocycles. The van der Waals surface area contributed by atoms with Crippen LogP contribution in [0.2, 0.25) is 0 Å². The largest absolute Gasteiger partial charge is 0.308 e. The van der Waals surface area contributed by atoms with Gasteiger partial charge in [0.15, 0.2) is 0 Å². The Hall–Kier alpha value is -5.42. The first-order valence-electron chi connectivity index (χ1n) is 14.2. The monoisotopic (exact) mass is 543 g/mol. The van der Waals surface area contributed by atoms with E-state index in [-0.39, 0.29) is 0 Å². The first-order valence-corrected chi connectivity index (χ1v) is 14.2. The Morgan fingerprint density at radius 1 is 0.667 bits per heavy atom. The molecule has 4 aromatic heterocycles. The van der Waals surface area contributed by atoms with Gasteiger partial charge in [-0.25, -0.2) is 4.98 Å². The zero-order chi connectivity index (χ0) is 28.5. The number of pyridine rings is 1. The highest BCUT2D eigenvalue weighted by Gasteiger charge is 2.20. The molecule has 0 saturated heterocycles. The summed E-state index contributed by atoms with van der Waals surface area (Å²) in [5.41, 5.74) is 13.2. The summed E-state index contributed by atoms with van der Waals surface area (Å²) in [6, 6.07) is 34.4. The maximum atomic E-state index is 5.03. The number of aromatic nitrogens is 5. The quantitative estimate of drug-likeness (QED) is 0.222. The van der Waals surface area contributed by atoms with Crippen LogP contribution in [0.3, 0.4) is 0 Å². The van der Waals surface area contributed by atoms with E-state index in [0.29, 0.717) is 0 Å². The summed E-state index contributed by atoms with van der Waals surface area (Å²) in [7, 11) is 0. The SMILES string of the molecule is C=Cc1c(C)n(-c2ccc3c(c2)c2ccccc2n3-c2cnc(C)c(-c3ccccc3C)c2)c2nc3ccccc3n12. The third-order valence-electron chi connectivity index (χ3n) is 8.56. The number of aryl methyl sites for hydroxylation is 2. The fourth-order valence-corrected chi connectivity index (χ4v) is 6.55. The van der Waals surface area contributed by atoms with Gasteiger partial charge in [0, 0.05) is 33.4 Å². The highest BCUT2D eigenvalue weighted by Crippen LogP contribution is 2.36. The number of hydrogen-bond donors (Lipinski definition) is 0. The summed E-state index contributed by atoms with van der Waals surface area (Å²) in [4.78, 5) is 9.90. The average Bonchev–Trinajstić information content (AvgIpc) is 3.63. The van der Waals surface area contributed by atoms with E-state index in [1.807, 2.05) is 18.3 Å². The van der Waals surface area contributed by atoms with Crippen LogP contribution < -0.4 is 0 Å². The van der Waals surface area contributed by atoms with E-state index < -0.39 is 0 Å². The molecule has 8 aromatic rings. The van der Waals surface area contributed by atoms with Crippen LogP contribution in [-0.4, -0.2) is 23.5 Å². The Kier molecular flexibility index (Phi) is 5.25. The molecule has 42 heavy (non-hydrogen) atoms. The van der Waals surface area contributed by atoms with Crippen LogP contribution >= 0.6 is 0 Å². The van der Waals surface area contributed by atoms with Crippen molar-refractivity contribution in [1.29, 1.82) is 0 Å². The molecule has 0 spiro atoms. The van der Waals surface area contributed by atoms with Gasteiger partial charge in [0.05, 0.1) is 39.6 Å². The van der Waals surface area contributed by atoms with Gasteiger partial charge in [-0.1, -0.05) is 61.2 Å². The van der Waals surface area contributed by atoms with Gasteiger partial charge >= 0.3 is 0 Å². The van der Waals surface area contributed by atoms with Gasteiger partial charge in [-0.15, -0.1) is 0 Å². The van der Waals surface area contributed by atoms with Crippen LogP contribution in [0.25, 0.3) is 67.2 Å². The average molecular weight is 544 g/mol. The third kappa shape index (κ3) is 3.37. The summed E-state index contributed by atoms with van der Waals surface area (Å²) < 4.78 is 6.78. The predicted octanol–water partition coefficient (Wildman–Crippen LogP) is 9.01. The molecular formula is C37H29N5. The lowest BCUT2D eigenvalue weighted by Gasteiger charge is -2.13. The molecule has 0 aliphatic rings. The van der Waals surface area contributed by atoms with Crippen molar-refractivity contribution in [2.24, 2.45) is 0 Å². The summed E-state index contributed by atoms with van der Waals surface area (Å²) in [6.07, 6.45) is 3.91. The fourth-order valence-electron chi connectivity index (χ4n) is 6.55. The molecule has 0 fully saturated rings. The molecule has 202 valence electrons.